The standard InChI is InChI=1S/2C15H24O2/c2*1-14-6-5-12-11(8-14)10(13(16)9-14)4-7-15(12,2)17-3/h2*10-12H,4-9H2,1-3H3/t2*10-,11-,12-,14+,15-/m10/s1. The summed E-state index contributed by atoms with van der Waals surface area (Å²) in [7, 11) is 3.69. The lowest BCUT2D eigenvalue weighted by atomic mass is 9.49. The number of Topliss-reactive ketones (excluding diaryl/α,β-unsaturated/α-hetero) is 2. The fourth-order valence-electron chi connectivity index (χ4n) is 9.84. The van der Waals surface area contributed by atoms with Crippen molar-refractivity contribution in [1.82, 2.24) is 0 Å². The van der Waals surface area contributed by atoms with Gasteiger partial charge in [0.15, 0.2) is 0 Å². The van der Waals surface area contributed by atoms with E-state index >= 15 is 0 Å². The Labute approximate surface area is 207 Å². The summed E-state index contributed by atoms with van der Waals surface area (Å²) in [5.74, 6) is 4.25. The van der Waals surface area contributed by atoms with Gasteiger partial charge in [-0.1, -0.05) is 13.8 Å². The summed E-state index contributed by atoms with van der Waals surface area (Å²) in [6, 6.07) is 0. The van der Waals surface area contributed by atoms with Crippen molar-refractivity contribution in [3.8, 4) is 0 Å². The molecule has 4 heteroatoms. The number of hydrogen-bond acceptors (Lipinski definition) is 4. The number of methoxy groups -OCH3 is 2. The molecule has 6 aliphatic rings. The highest BCUT2D eigenvalue weighted by Gasteiger charge is 2.57. The topological polar surface area (TPSA) is 52.6 Å². The van der Waals surface area contributed by atoms with Crippen molar-refractivity contribution < 1.29 is 19.1 Å². The second kappa shape index (κ2) is 8.40. The van der Waals surface area contributed by atoms with E-state index in [0.29, 0.717) is 57.9 Å². The van der Waals surface area contributed by atoms with E-state index in [1.54, 1.807) is 0 Å². The second-order valence-electron chi connectivity index (χ2n) is 14.3. The van der Waals surface area contributed by atoms with Crippen LogP contribution >= 0.6 is 0 Å². The Kier molecular flexibility index (Phi) is 6.16. The van der Waals surface area contributed by atoms with Gasteiger partial charge in [-0.25, -0.2) is 0 Å². The molecule has 34 heavy (non-hydrogen) atoms. The molecule has 6 fully saturated rings. The average Bonchev–Trinajstić information content (AvgIpc) is 2.78. The quantitative estimate of drug-likeness (QED) is 0.467. The average molecular weight is 473 g/mol. The third-order valence-electron chi connectivity index (χ3n) is 12.1. The summed E-state index contributed by atoms with van der Waals surface area (Å²) in [6.45, 7) is 9.15. The van der Waals surface area contributed by atoms with E-state index in [4.69, 9.17) is 9.47 Å². The lowest BCUT2D eigenvalue weighted by molar-refractivity contribution is -0.166. The molecule has 6 saturated carbocycles. The molecular formula is C30H48O4. The molecule has 0 amide bonds. The van der Waals surface area contributed by atoms with Crippen LogP contribution in [0.1, 0.15) is 105 Å². The Bertz CT molecular complexity index is 770. The summed E-state index contributed by atoms with van der Waals surface area (Å²) < 4.78 is 11.6. The van der Waals surface area contributed by atoms with Crippen molar-refractivity contribution in [2.75, 3.05) is 14.2 Å². The zero-order valence-electron chi connectivity index (χ0n) is 22.6. The van der Waals surface area contributed by atoms with Crippen molar-refractivity contribution in [3.05, 3.63) is 0 Å². The molecular weight excluding hydrogens is 424 g/mol. The van der Waals surface area contributed by atoms with Crippen LogP contribution in [0.3, 0.4) is 0 Å². The molecule has 0 N–H and O–H groups in total. The van der Waals surface area contributed by atoms with Gasteiger partial charge in [-0.3, -0.25) is 9.59 Å². The minimum absolute atomic E-state index is 0.0279. The first-order chi connectivity index (χ1) is 15.9. The fraction of sp³-hybridized carbons (Fsp3) is 0.933. The molecule has 0 aromatic heterocycles. The Morgan fingerprint density at radius 3 is 1.35 bits per heavy atom. The number of carbonyl (C=O) groups is 2. The predicted octanol–water partition coefficient (Wildman–Crippen LogP) is 6.39. The van der Waals surface area contributed by atoms with Crippen molar-refractivity contribution in [1.29, 1.82) is 0 Å². The Morgan fingerprint density at radius 2 is 1.00 bits per heavy atom. The van der Waals surface area contributed by atoms with Gasteiger partial charge in [-0.2, -0.15) is 0 Å². The van der Waals surface area contributed by atoms with Gasteiger partial charge in [0.05, 0.1) is 11.2 Å². The largest absolute Gasteiger partial charge is 0.378 e. The zero-order valence-corrected chi connectivity index (χ0v) is 22.6. The molecule has 10 atom stereocenters. The van der Waals surface area contributed by atoms with Crippen LogP contribution in [0.4, 0.5) is 0 Å². The maximum absolute atomic E-state index is 12.3. The zero-order chi connectivity index (χ0) is 24.5. The summed E-state index contributed by atoms with van der Waals surface area (Å²) in [4.78, 5) is 24.6. The highest BCUT2D eigenvalue weighted by atomic mass is 16.5. The normalized spacial score (nSPS) is 53.6. The van der Waals surface area contributed by atoms with Crippen molar-refractivity contribution in [2.24, 2.45) is 46.3 Å². The molecule has 0 aromatic rings. The van der Waals surface area contributed by atoms with Crippen LogP contribution in [0.15, 0.2) is 0 Å². The van der Waals surface area contributed by atoms with Crippen molar-refractivity contribution in [3.63, 3.8) is 0 Å². The van der Waals surface area contributed by atoms with Gasteiger partial charge in [-0.05, 0) is 113 Å². The number of carbonyl (C=O) groups excluding carboxylic acids is 2. The van der Waals surface area contributed by atoms with Crippen LogP contribution in [0.2, 0.25) is 0 Å². The van der Waals surface area contributed by atoms with Crippen molar-refractivity contribution >= 4 is 11.6 Å². The van der Waals surface area contributed by atoms with Crippen LogP contribution in [0, 0.1) is 46.3 Å². The van der Waals surface area contributed by atoms with Crippen molar-refractivity contribution in [2.45, 2.75) is 116 Å². The van der Waals surface area contributed by atoms with E-state index < -0.39 is 0 Å². The Morgan fingerprint density at radius 1 is 0.618 bits per heavy atom. The molecule has 0 unspecified atom stereocenters. The van der Waals surface area contributed by atoms with E-state index in [0.717, 1.165) is 38.5 Å². The van der Waals surface area contributed by atoms with E-state index in [9.17, 15) is 9.59 Å². The van der Waals surface area contributed by atoms with Gasteiger partial charge in [0, 0.05) is 38.9 Å². The Balaban J connectivity index is 0.000000142. The van der Waals surface area contributed by atoms with E-state index in [-0.39, 0.29) is 11.2 Å². The summed E-state index contributed by atoms with van der Waals surface area (Å²) in [6.07, 6.45) is 13.4. The molecule has 6 rings (SSSR count). The predicted molar refractivity (Wildman–Crippen MR) is 133 cm³/mol. The van der Waals surface area contributed by atoms with E-state index in [2.05, 4.69) is 27.7 Å². The maximum atomic E-state index is 12.3. The highest BCUT2D eigenvalue weighted by Crippen LogP contribution is 2.60. The number of ketones is 2. The third-order valence-corrected chi connectivity index (χ3v) is 12.1. The van der Waals surface area contributed by atoms with Gasteiger partial charge in [0.1, 0.15) is 11.6 Å². The molecule has 0 heterocycles. The van der Waals surface area contributed by atoms with Crippen LogP contribution in [-0.4, -0.2) is 37.0 Å². The molecule has 0 saturated heterocycles. The molecule has 4 bridgehead atoms. The first-order valence-electron chi connectivity index (χ1n) is 14.1. The van der Waals surface area contributed by atoms with Crippen LogP contribution in [-0.2, 0) is 19.1 Å². The number of rotatable bonds is 2. The lowest BCUT2D eigenvalue weighted by Crippen LogP contribution is -2.56. The number of hydrogen-bond donors (Lipinski definition) is 0. The molecule has 6 aliphatic carbocycles. The first kappa shape index (κ1) is 24.9. The maximum Gasteiger partial charge on any atom is 0.136 e. The Hall–Kier alpha value is -0.740. The van der Waals surface area contributed by atoms with Crippen LogP contribution in [0.25, 0.3) is 0 Å². The molecule has 0 radical (unpaired) electrons. The minimum Gasteiger partial charge on any atom is -0.378 e. The van der Waals surface area contributed by atoms with Gasteiger partial charge >= 0.3 is 0 Å². The van der Waals surface area contributed by atoms with Crippen LogP contribution in [0.5, 0.6) is 0 Å². The van der Waals surface area contributed by atoms with Crippen LogP contribution < -0.4 is 0 Å². The molecule has 4 nitrogen and oxygen atoms in total. The van der Waals surface area contributed by atoms with Gasteiger partial charge in [0.25, 0.3) is 0 Å². The third kappa shape index (κ3) is 3.94. The fourth-order valence-corrected chi connectivity index (χ4v) is 9.84. The molecule has 0 aliphatic heterocycles. The highest BCUT2D eigenvalue weighted by molar-refractivity contribution is 5.83. The smallest absolute Gasteiger partial charge is 0.136 e. The van der Waals surface area contributed by atoms with Gasteiger partial charge < -0.3 is 9.47 Å². The summed E-state index contributed by atoms with van der Waals surface area (Å²) in [5, 5.41) is 0. The van der Waals surface area contributed by atoms with E-state index in [1.165, 1.54) is 38.5 Å². The number of ether oxygens (including phenoxy) is 2. The van der Waals surface area contributed by atoms with Gasteiger partial charge in [0.2, 0.25) is 0 Å². The second-order valence-corrected chi connectivity index (χ2v) is 14.3. The number of fused-ring (bicyclic) bond motifs is 2. The first-order valence-corrected chi connectivity index (χ1v) is 14.1. The molecule has 192 valence electrons. The monoisotopic (exact) mass is 472 g/mol. The summed E-state index contributed by atoms with van der Waals surface area (Å²) >= 11 is 0. The summed E-state index contributed by atoms with van der Waals surface area (Å²) in [5.41, 5.74) is 0.668. The van der Waals surface area contributed by atoms with Gasteiger partial charge in [-0.15, -0.1) is 0 Å². The lowest BCUT2D eigenvalue weighted by Gasteiger charge is -2.57. The minimum atomic E-state index is 0.0279. The molecule has 0 aromatic carbocycles. The van der Waals surface area contributed by atoms with E-state index in [1.807, 2.05) is 14.2 Å². The SMILES string of the molecule is CO[C@@]1(C)CC[C@@H]2C(=O)C[C@]3(C)CC[C@H]1[C@H]2C3.CO[C@]1(C)CC[C@H]2C(=O)C[C@@]3(C)CC[C@@H]1[C@@H]2C3. The molecule has 0 spiro atoms.